The Morgan fingerprint density at radius 1 is 1.53 bits per heavy atom. The van der Waals surface area contributed by atoms with Crippen molar-refractivity contribution < 1.29 is 13.2 Å². The average Bonchev–Trinajstić information content (AvgIpc) is 2.89. The number of thiophene rings is 1. The summed E-state index contributed by atoms with van der Waals surface area (Å²) in [6.45, 7) is 1.51. The molecular formula is C12H20N2O3S2. The van der Waals surface area contributed by atoms with Gasteiger partial charge in [-0.3, -0.25) is 0 Å². The van der Waals surface area contributed by atoms with Crippen molar-refractivity contribution in [3.63, 3.8) is 0 Å². The smallest absolute Gasteiger partial charge is 0.252 e. The van der Waals surface area contributed by atoms with Crippen molar-refractivity contribution >= 4 is 21.4 Å². The summed E-state index contributed by atoms with van der Waals surface area (Å²) in [5.41, 5.74) is 6.36. The van der Waals surface area contributed by atoms with E-state index in [1.54, 1.807) is 18.5 Å². The lowest BCUT2D eigenvalue weighted by Crippen LogP contribution is -2.36. The fourth-order valence-electron chi connectivity index (χ4n) is 2.09. The summed E-state index contributed by atoms with van der Waals surface area (Å²) in [6.07, 6.45) is 3.12. The largest absolute Gasteiger partial charge is 0.377 e. The molecule has 0 aromatic carbocycles. The highest BCUT2D eigenvalue weighted by molar-refractivity contribution is 7.91. The van der Waals surface area contributed by atoms with E-state index in [-0.39, 0.29) is 6.10 Å². The SMILES string of the molecule is CN(CC1CCCCO1)S(=O)(=O)c1cc(CN)cs1. The zero-order chi connectivity index (χ0) is 13.9. The van der Waals surface area contributed by atoms with E-state index >= 15 is 0 Å². The summed E-state index contributed by atoms with van der Waals surface area (Å²) in [4.78, 5) is 0. The van der Waals surface area contributed by atoms with Crippen LogP contribution in [-0.2, 0) is 21.3 Å². The van der Waals surface area contributed by atoms with Gasteiger partial charge in [-0.05, 0) is 36.3 Å². The van der Waals surface area contributed by atoms with E-state index in [9.17, 15) is 8.42 Å². The van der Waals surface area contributed by atoms with Gasteiger partial charge in [0, 0.05) is 26.7 Å². The third kappa shape index (κ3) is 3.55. The number of sulfonamides is 1. The molecule has 0 aliphatic carbocycles. The lowest BCUT2D eigenvalue weighted by atomic mass is 10.1. The van der Waals surface area contributed by atoms with Crippen molar-refractivity contribution in [1.29, 1.82) is 0 Å². The molecular weight excluding hydrogens is 284 g/mol. The summed E-state index contributed by atoms with van der Waals surface area (Å²) in [7, 11) is -1.81. The second-order valence-electron chi connectivity index (χ2n) is 4.75. The summed E-state index contributed by atoms with van der Waals surface area (Å²) in [5.74, 6) is 0. The van der Waals surface area contributed by atoms with Crippen LogP contribution in [0, 0.1) is 0 Å². The van der Waals surface area contributed by atoms with E-state index in [0.717, 1.165) is 31.4 Å². The van der Waals surface area contributed by atoms with Gasteiger partial charge >= 0.3 is 0 Å². The van der Waals surface area contributed by atoms with Gasteiger partial charge in [0.25, 0.3) is 10.0 Å². The van der Waals surface area contributed by atoms with Crippen LogP contribution in [0.15, 0.2) is 15.7 Å². The third-order valence-corrected chi connectivity index (χ3v) is 6.55. The van der Waals surface area contributed by atoms with Gasteiger partial charge in [-0.25, -0.2) is 8.42 Å². The molecule has 1 unspecified atom stereocenters. The number of ether oxygens (including phenoxy) is 1. The summed E-state index contributed by atoms with van der Waals surface area (Å²) in [5, 5.41) is 1.79. The molecule has 1 aromatic heterocycles. The van der Waals surface area contributed by atoms with E-state index in [0.29, 0.717) is 17.3 Å². The van der Waals surface area contributed by atoms with Gasteiger partial charge < -0.3 is 10.5 Å². The topological polar surface area (TPSA) is 72.6 Å². The number of likely N-dealkylation sites (N-methyl/N-ethyl adjacent to an activating group) is 1. The summed E-state index contributed by atoms with van der Waals surface area (Å²) < 4.78 is 32.1. The quantitative estimate of drug-likeness (QED) is 0.892. The molecule has 7 heteroatoms. The van der Waals surface area contributed by atoms with Crippen LogP contribution in [0.25, 0.3) is 0 Å². The first kappa shape index (κ1) is 14.9. The summed E-state index contributed by atoms with van der Waals surface area (Å²) >= 11 is 1.22. The van der Waals surface area contributed by atoms with Crippen molar-refractivity contribution in [2.45, 2.75) is 36.1 Å². The number of hydrogen-bond donors (Lipinski definition) is 1. The first-order valence-corrected chi connectivity index (χ1v) is 8.71. The van der Waals surface area contributed by atoms with Crippen LogP contribution in [0.5, 0.6) is 0 Å². The molecule has 0 saturated carbocycles. The first-order chi connectivity index (χ1) is 9.04. The molecule has 2 heterocycles. The van der Waals surface area contributed by atoms with E-state index < -0.39 is 10.0 Å². The monoisotopic (exact) mass is 304 g/mol. The van der Waals surface area contributed by atoms with Gasteiger partial charge in [0.15, 0.2) is 0 Å². The van der Waals surface area contributed by atoms with Gasteiger partial charge in [0.2, 0.25) is 0 Å². The van der Waals surface area contributed by atoms with Crippen LogP contribution in [0.1, 0.15) is 24.8 Å². The van der Waals surface area contributed by atoms with E-state index in [4.69, 9.17) is 10.5 Å². The highest BCUT2D eigenvalue weighted by Gasteiger charge is 2.26. The fraction of sp³-hybridized carbons (Fsp3) is 0.667. The Morgan fingerprint density at radius 3 is 2.89 bits per heavy atom. The van der Waals surface area contributed by atoms with Crippen LogP contribution in [0.3, 0.4) is 0 Å². The minimum absolute atomic E-state index is 0.0162. The van der Waals surface area contributed by atoms with Crippen LogP contribution in [0.4, 0.5) is 0 Å². The Hall–Kier alpha value is -0.470. The van der Waals surface area contributed by atoms with Gasteiger partial charge in [-0.15, -0.1) is 11.3 Å². The van der Waals surface area contributed by atoms with Crippen molar-refractivity contribution in [2.75, 3.05) is 20.2 Å². The molecule has 19 heavy (non-hydrogen) atoms. The predicted octanol–water partition coefficient (Wildman–Crippen LogP) is 1.40. The molecule has 1 aromatic rings. The molecule has 0 spiro atoms. The van der Waals surface area contributed by atoms with Crippen LogP contribution in [0.2, 0.25) is 0 Å². The minimum Gasteiger partial charge on any atom is -0.377 e. The fourth-order valence-corrected chi connectivity index (χ4v) is 4.72. The lowest BCUT2D eigenvalue weighted by molar-refractivity contribution is 0.00860. The van der Waals surface area contributed by atoms with Crippen LogP contribution < -0.4 is 5.73 Å². The Labute approximate surface area is 118 Å². The Morgan fingerprint density at radius 2 is 2.32 bits per heavy atom. The molecule has 2 rings (SSSR count). The molecule has 1 atom stereocenters. The normalized spacial score (nSPS) is 20.9. The van der Waals surface area contributed by atoms with Gasteiger partial charge in [-0.1, -0.05) is 0 Å². The van der Waals surface area contributed by atoms with E-state index in [2.05, 4.69) is 0 Å². The number of hydrogen-bond acceptors (Lipinski definition) is 5. The van der Waals surface area contributed by atoms with Gasteiger partial charge in [-0.2, -0.15) is 4.31 Å². The van der Waals surface area contributed by atoms with Crippen molar-refractivity contribution in [3.05, 3.63) is 17.0 Å². The Kier molecular flexibility index (Phi) is 4.97. The maximum atomic E-state index is 12.4. The molecule has 0 amide bonds. The van der Waals surface area contributed by atoms with Crippen LogP contribution in [-0.4, -0.2) is 39.0 Å². The number of nitrogens with zero attached hydrogens (tertiary/aromatic N) is 1. The molecule has 1 aliphatic heterocycles. The summed E-state index contributed by atoms with van der Waals surface area (Å²) in [6, 6.07) is 1.65. The van der Waals surface area contributed by atoms with Crippen molar-refractivity contribution in [2.24, 2.45) is 5.73 Å². The zero-order valence-corrected chi connectivity index (χ0v) is 12.7. The van der Waals surface area contributed by atoms with Crippen molar-refractivity contribution in [3.8, 4) is 0 Å². The molecule has 0 bridgehead atoms. The first-order valence-electron chi connectivity index (χ1n) is 6.39. The van der Waals surface area contributed by atoms with Gasteiger partial charge in [0.1, 0.15) is 4.21 Å². The number of rotatable bonds is 5. The molecule has 1 saturated heterocycles. The second kappa shape index (κ2) is 6.32. The lowest BCUT2D eigenvalue weighted by Gasteiger charge is -2.26. The maximum Gasteiger partial charge on any atom is 0.252 e. The molecule has 108 valence electrons. The van der Waals surface area contributed by atoms with Gasteiger partial charge in [0.05, 0.1) is 6.10 Å². The third-order valence-electron chi connectivity index (χ3n) is 3.26. The minimum atomic E-state index is -3.41. The molecule has 0 radical (unpaired) electrons. The van der Waals surface area contributed by atoms with E-state index in [1.807, 2.05) is 0 Å². The Balaban J connectivity index is 2.05. The molecule has 1 fully saturated rings. The Bertz CT molecular complexity index is 507. The average molecular weight is 304 g/mol. The maximum absolute atomic E-state index is 12.4. The molecule has 2 N–H and O–H groups in total. The highest BCUT2D eigenvalue weighted by Crippen LogP contribution is 2.24. The number of nitrogens with two attached hydrogens (primary N) is 1. The van der Waals surface area contributed by atoms with Crippen molar-refractivity contribution in [1.82, 2.24) is 4.31 Å². The van der Waals surface area contributed by atoms with E-state index in [1.165, 1.54) is 15.6 Å². The predicted molar refractivity (Wildman–Crippen MR) is 75.6 cm³/mol. The molecule has 1 aliphatic rings. The molecule has 5 nitrogen and oxygen atoms in total. The zero-order valence-electron chi connectivity index (χ0n) is 11.0. The highest BCUT2D eigenvalue weighted by atomic mass is 32.2. The second-order valence-corrected chi connectivity index (χ2v) is 7.94. The van der Waals surface area contributed by atoms with Crippen LogP contribution >= 0.6 is 11.3 Å². The standard InChI is InChI=1S/C12H20N2O3S2/c1-14(8-11-4-2-3-5-17-11)19(15,16)12-6-10(7-13)9-18-12/h6,9,11H,2-5,7-8,13H2,1H3.